The van der Waals surface area contributed by atoms with E-state index in [1.807, 2.05) is 54.6 Å². The number of nitrogens with one attached hydrogen (secondary N) is 2. The molecule has 42 heavy (non-hydrogen) atoms. The molecule has 2 aromatic heterocycles. The Bertz CT molecular complexity index is 1630. The number of carbonyl (C=O) groups excluding carboxylic acids is 1. The lowest BCUT2D eigenvalue weighted by Gasteiger charge is -2.29. The number of hydrogen-bond acceptors (Lipinski definition) is 6. The van der Waals surface area contributed by atoms with Crippen LogP contribution < -0.4 is 25.0 Å². The van der Waals surface area contributed by atoms with Crippen LogP contribution in [-0.4, -0.2) is 48.5 Å². The van der Waals surface area contributed by atoms with Gasteiger partial charge in [-0.1, -0.05) is 17.7 Å². The van der Waals surface area contributed by atoms with Crippen molar-refractivity contribution in [2.24, 2.45) is 0 Å². The smallest absolute Gasteiger partial charge is 0.250 e. The van der Waals surface area contributed by atoms with Crippen molar-refractivity contribution in [1.82, 2.24) is 14.9 Å². The first-order valence-electron chi connectivity index (χ1n) is 13.3. The van der Waals surface area contributed by atoms with Crippen LogP contribution >= 0.6 is 23.8 Å². The predicted molar refractivity (Wildman–Crippen MR) is 168 cm³/mol. The Labute approximate surface area is 255 Å². The van der Waals surface area contributed by atoms with Crippen LogP contribution in [0.2, 0.25) is 5.02 Å². The highest BCUT2D eigenvalue weighted by molar-refractivity contribution is 7.80. The zero-order valence-electron chi connectivity index (χ0n) is 24.0. The number of hydrogen-bond donors (Lipinski definition) is 2. The van der Waals surface area contributed by atoms with Crippen LogP contribution in [-0.2, 0) is 9.53 Å². The molecule has 0 spiro atoms. The number of aromatic nitrogens is 2. The van der Waals surface area contributed by atoms with Gasteiger partial charge in [-0.05, 0) is 86.2 Å². The molecule has 0 unspecified atom stereocenters. The summed E-state index contributed by atoms with van der Waals surface area (Å²) in [6.45, 7) is 4.04. The number of halogens is 1. The van der Waals surface area contributed by atoms with Crippen LogP contribution in [0.25, 0.3) is 5.69 Å². The van der Waals surface area contributed by atoms with E-state index in [4.69, 9.17) is 38.0 Å². The Morgan fingerprint density at radius 3 is 2.50 bits per heavy atom. The van der Waals surface area contributed by atoms with Crippen LogP contribution in [0.4, 0.5) is 11.4 Å². The summed E-state index contributed by atoms with van der Waals surface area (Å²) in [5, 5.41) is 7.52. The van der Waals surface area contributed by atoms with Gasteiger partial charge in [0.2, 0.25) is 5.91 Å². The van der Waals surface area contributed by atoms with Gasteiger partial charge < -0.3 is 34.3 Å². The molecule has 2 N–H and O–H groups in total. The largest absolute Gasteiger partial charge is 0.495 e. The summed E-state index contributed by atoms with van der Waals surface area (Å²) in [7, 11) is 4.67. The minimum absolute atomic E-state index is 0.0829. The Balaban J connectivity index is 1.67. The summed E-state index contributed by atoms with van der Waals surface area (Å²) in [6.07, 6.45) is 1.77. The van der Waals surface area contributed by atoms with Gasteiger partial charge in [0.05, 0.1) is 43.4 Å². The first kappa shape index (κ1) is 29.4. The number of nitrogens with zero attached hydrogens (tertiary/aromatic N) is 3. The maximum Gasteiger partial charge on any atom is 0.250 e. The molecule has 0 saturated carbocycles. The molecule has 218 valence electrons. The molecule has 5 rings (SSSR count). The number of pyridine rings is 1. The Morgan fingerprint density at radius 2 is 1.81 bits per heavy atom. The molecule has 1 saturated heterocycles. The normalized spacial score (nSPS) is 16.3. The van der Waals surface area contributed by atoms with Gasteiger partial charge in [0.25, 0.3) is 0 Å². The van der Waals surface area contributed by atoms with Crippen LogP contribution in [0, 0.1) is 13.8 Å². The lowest BCUT2D eigenvalue weighted by molar-refractivity contribution is -0.119. The van der Waals surface area contributed by atoms with Crippen molar-refractivity contribution in [2.75, 3.05) is 38.2 Å². The van der Waals surface area contributed by atoms with E-state index in [1.54, 1.807) is 20.4 Å². The maximum atomic E-state index is 12.4. The van der Waals surface area contributed by atoms with Crippen molar-refractivity contribution < 1.29 is 19.0 Å². The number of anilines is 2. The van der Waals surface area contributed by atoms with Crippen molar-refractivity contribution in [3.8, 4) is 17.2 Å². The fourth-order valence-corrected chi connectivity index (χ4v) is 6.02. The second-order valence-corrected chi connectivity index (χ2v) is 10.7. The molecule has 2 atom stereocenters. The van der Waals surface area contributed by atoms with E-state index in [9.17, 15) is 4.79 Å². The highest BCUT2D eigenvalue weighted by Crippen LogP contribution is 2.45. The van der Waals surface area contributed by atoms with Gasteiger partial charge >= 0.3 is 0 Å². The summed E-state index contributed by atoms with van der Waals surface area (Å²) < 4.78 is 18.4. The molecule has 1 amide bonds. The molecule has 1 fully saturated rings. The van der Waals surface area contributed by atoms with Crippen LogP contribution in [0.1, 0.15) is 34.7 Å². The van der Waals surface area contributed by atoms with E-state index in [0.29, 0.717) is 27.3 Å². The van der Waals surface area contributed by atoms with Gasteiger partial charge in [-0.2, -0.15) is 0 Å². The number of amides is 1. The zero-order valence-corrected chi connectivity index (χ0v) is 25.5. The summed E-state index contributed by atoms with van der Waals surface area (Å²) >= 11 is 12.4. The number of carbonyl (C=O) groups is 1. The molecule has 0 bridgehead atoms. The van der Waals surface area contributed by atoms with Gasteiger partial charge in [-0.25, -0.2) is 0 Å². The molecular weight excluding hydrogens is 574 g/mol. The Kier molecular flexibility index (Phi) is 8.67. The van der Waals surface area contributed by atoms with Crippen molar-refractivity contribution in [3.63, 3.8) is 0 Å². The molecule has 1 aliphatic rings. The minimum atomic E-state index is -0.294. The average molecular weight is 606 g/mol. The summed E-state index contributed by atoms with van der Waals surface area (Å²) in [6, 6.07) is 18.6. The number of ether oxygens (including phenoxy) is 3. The van der Waals surface area contributed by atoms with Crippen LogP contribution in [0.3, 0.4) is 0 Å². The van der Waals surface area contributed by atoms with Gasteiger partial charge in [-0.15, -0.1) is 0 Å². The van der Waals surface area contributed by atoms with Crippen LogP contribution in [0.15, 0.2) is 66.9 Å². The standard InChI is InChI=1S/C31H32ClN5O4S/c1-18-14-22(19(2)36(18)25-15-20(32)9-11-27(25)41-5)30-29(23-8-6-7-13-33-23)35-31(42)37(30)21-10-12-26(40-4)24(16-21)34-28(38)17-39-3/h6-16,29-30H,17H2,1-5H3,(H,34,38)(H,35,42)/t29-,30+/m0/s1. The molecule has 2 aromatic carbocycles. The molecule has 0 radical (unpaired) electrons. The van der Waals surface area contributed by atoms with Gasteiger partial charge in [0.1, 0.15) is 18.1 Å². The van der Waals surface area contributed by atoms with E-state index in [0.717, 1.165) is 34.0 Å². The average Bonchev–Trinajstić information content (AvgIpc) is 3.48. The molecule has 1 aliphatic heterocycles. The molecular formula is C31H32ClN5O4S. The second kappa shape index (κ2) is 12.4. The fourth-order valence-electron chi connectivity index (χ4n) is 5.51. The highest BCUT2D eigenvalue weighted by atomic mass is 35.5. The second-order valence-electron chi connectivity index (χ2n) is 9.84. The van der Waals surface area contributed by atoms with Gasteiger partial charge in [-0.3, -0.25) is 9.78 Å². The van der Waals surface area contributed by atoms with Crippen LogP contribution in [0.5, 0.6) is 11.5 Å². The van der Waals surface area contributed by atoms with E-state index >= 15 is 0 Å². The Morgan fingerprint density at radius 1 is 1.05 bits per heavy atom. The monoisotopic (exact) mass is 605 g/mol. The first-order valence-corrected chi connectivity index (χ1v) is 14.1. The third-order valence-corrected chi connectivity index (χ3v) is 7.83. The fraction of sp³-hybridized carbons (Fsp3) is 0.258. The SMILES string of the molecule is COCC(=O)Nc1cc(N2C(=S)N[C@@H](c3ccccn3)[C@H]2c2cc(C)n(-c3cc(Cl)ccc3OC)c2C)ccc1OC. The molecule has 9 nitrogen and oxygen atoms in total. The van der Waals surface area contributed by atoms with E-state index in [1.165, 1.54) is 7.11 Å². The number of methoxy groups -OCH3 is 3. The van der Waals surface area contributed by atoms with Gasteiger partial charge in [0.15, 0.2) is 5.11 Å². The molecule has 11 heteroatoms. The highest BCUT2D eigenvalue weighted by Gasteiger charge is 2.42. The summed E-state index contributed by atoms with van der Waals surface area (Å²) in [5.74, 6) is 0.930. The first-order chi connectivity index (χ1) is 20.3. The third kappa shape index (κ3) is 5.53. The topological polar surface area (TPSA) is 89.9 Å². The number of rotatable bonds is 9. The maximum absolute atomic E-state index is 12.4. The third-order valence-electron chi connectivity index (χ3n) is 7.28. The molecule has 4 aromatic rings. The van der Waals surface area contributed by atoms with E-state index in [2.05, 4.69) is 45.0 Å². The summed E-state index contributed by atoms with van der Waals surface area (Å²) in [5.41, 5.74) is 6.01. The van der Waals surface area contributed by atoms with Crippen molar-refractivity contribution in [2.45, 2.75) is 25.9 Å². The number of aryl methyl sites for hydroxylation is 1. The van der Waals surface area contributed by atoms with E-state index < -0.39 is 0 Å². The van der Waals surface area contributed by atoms with Crippen molar-refractivity contribution >= 4 is 46.2 Å². The number of benzene rings is 2. The quantitative estimate of drug-likeness (QED) is 0.227. The van der Waals surface area contributed by atoms with Crippen molar-refractivity contribution in [3.05, 3.63) is 94.5 Å². The Hall–Kier alpha value is -4.12. The van der Waals surface area contributed by atoms with E-state index in [-0.39, 0.29) is 24.6 Å². The number of thiocarbonyl (C=S) groups is 1. The minimum Gasteiger partial charge on any atom is -0.495 e. The molecule has 0 aliphatic carbocycles. The predicted octanol–water partition coefficient (Wildman–Crippen LogP) is 5.92. The lowest BCUT2D eigenvalue weighted by atomic mass is 9.96. The summed E-state index contributed by atoms with van der Waals surface area (Å²) in [4.78, 5) is 19.2. The van der Waals surface area contributed by atoms with Gasteiger partial charge in [0, 0.05) is 35.4 Å². The molecule has 3 heterocycles. The lowest BCUT2D eigenvalue weighted by Crippen LogP contribution is -2.29. The van der Waals surface area contributed by atoms with Crippen molar-refractivity contribution in [1.29, 1.82) is 0 Å². The zero-order chi connectivity index (χ0) is 30.0.